The summed E-state index contributed by atoms with van der Waals surface area (Å²) in [5, 5.41) is 6.91. The van der Waals surface area contributed by atoms with Gasteiger partial charge in [-0.2, -0.15) is 5.10 Å². The van der Waals surface area contributed by atoms with Crippen LogP contribution in [0.25, 0.3) is 11.3 Å². The molecular formula is C19H17FN4O2. The molecule has 7 heteroatoms. The molecule has 0 bridgehead atoms. The molecule has 26 heavy (non-hydrogen) atoms. The fourth-order valence-electron chi connectivity index (χ4n) is 2.46. The summed E-state index contributed by atoms with van der Waals surface area (Å²) in [5.41, 5.74) is 1.32. The molecule has 0 aliphatic carbocycles. The Balaban J connectivity index is 1.78. The fourth-order valence-corrected chi connectivity index (χ4v) is 2.46. The molecule has 1 aromatic carbocycles. The lowest BCUT2D eigenvalue weighted by Crippen LogP contribution is -2.36. The van der Waals surface area contributed by atoms with E-state index in [1.54, 1.807) is 55.7 Å². The number of rotatable bonds is 5. The predicted molar refractivity (Wildman–Crippen MR) is 94.7 cm³/mol. The number of carbonyl (C=O) groups is 1. The number of aromatic nitrogens is 3. The molecule has 2 heterocycles. The van der Waals surface area contributed by atoms with Crippen molar-refractivity contribution in [2.45, 2.75) is 19.5 Å². The highest BCUT2D eigenvalue weighted by atomic mass is 19.1. The molecule has 0 radical (unpaired) electrons. The molecule has 0 aliphatic heterocycles. The van der Waals surface area contributed by atoms with E-state index in [-0.39, 0.29) is 6.54 Å². The minimum absolute atomic E-state index is 0.0364. The molecule has 0 saturated carbocycles. The molecule has 1 unspecified atom stereocenters. The average molecular weight is 352 g/mol. The lowest BCUT2D eigenvalue weighted by molar-refractivity contribution is -0.124. The van der Waals surface area contributed by atoms with Gasteiger partial charge < -0.3 is 5.32 Å². The van der Waals surface area contributed by atoms with Crippen molar-refractivity contribution in [1.82, 2.24) is 20.1 Å². The van der Waals surface area contributed by atoms with Crippen molar-refractivity contribution in [2.24, 2.45) is 0 Å². The SMILES string of the molecule is CC(C(=O)NCc1ccccc1F)n1nc(-c2ccncc2)ccc1=O. The van der Waals surface area contributed by atoms with Gasteiger partial charge in [-0.25, -0.2) is 9.07 Å². The molecular weight excluding hydrogens is 335 g/mol. The molecule has 2 aromatic heterocycles. The largest absolute Gasteiger partial charge is 0.350 e. The summed E-state index contributed by atoms with van der Waals surface area (Å²) in [6, 6.07) is 11.8. The van der Waals surface area contributed by atoms with Crippen molar-refractivity contribution in [2.75, 3.05) is 0 Å². The first-order chi connectivity index (χ1) is 12.6. The molecule has 3 rings (SSSR count). The Bertz CT molecular complexity index is 973. The highest BCUT2D eigenvalue weighted by molar-refractivity contribution is 5.79. The summed E-state index contributed by atoms with van der Waals surface area (Å²) in [4.78, 5) is 28.5. The lowest BCUT2D eigenvalue weighted by atomic mass is 10.2. The van der Waals surface area contributed by atoms with E-state index in [0.29, 0.717) is 11.3 Å². The van der Waals surface area contributed by atoms with Gasteiger partial charge in [-0.3, -0.25) is 14.6 Å². The lowest BCUT2D eigenvalue weighted by Gasteiger charge is -2.15. The molecule has 1 amide bonds. The summed E-state index contributed by atoms with van der Waals surface area (Å²) >= 11 is 0. The first-order valence-corrected chi connectivity index (χ1v) is 8.07. The average Bonchev–Trinajstić information content (AvgIpc) is 2.67. The first-order valence-electron chi connectivity index (χ1n) is 8.07. The monoisotopic (exact) mass is 352 g/mol. The number of halogens is 1. The van der Waals surface area contributed by atoms with Crippen LogP contribution in [-0.4, -0.2) is 20.7 Å². The second kappa shape index (κ2) is 7.69. The second-order valence-electron chi connectivity index (χ2n) is 5.72. The number of nitrogens with zero attached hydrogens (tertiary/aromatic N) is 3. The Morgan fingerprint density at radius 2 is 1.88 bits per heavy atom. The van der Waals surface area contributed by atoms with Gasteiger partial charge in [0.25, 0.3) is 5.56 Å². The smallest absolute Gasteiger partial charge is 0.267 e. The Kier molecular flexibility index (Phi) is 5.17. The molecule has 1 N–H and O–H groups in total. The van der Waals surface area contributed by atoms with Gasteiger partial charge >= 0.3 is 0 Å². The van der Waals surface area contributed by atoms with Gasteiger partial charge in [0.15, 0.2) is 0 Å². The Labute approximate surface area is 149 Å². The van der Waals surface area contributed by atoms with Crippen LogP contribution in [0.1, 0.15) is 18.5 Å². The van der Waals surface area contributed by atoms with Crippen molar-refractivity contribution < 1.29 is 9.18 Å². The van der Waals surface area contributed by atoms with Gasteiger partial charge in [0.2, 0.25) is 5.91 Å². The number of amides is 1. The van der Waals surface area contributed by atoms with E-state index >= 15 is 0 Å². The van der Waals surface area contributed by atoms with E-state index in [9.17, 15) is 14.0 Å². The van der Waals surface area contributed by atoms with Crippen molar-refractivity contribution >= 4 is 5.91 Å². The van der Waals surface area contributed by atoms with Crippen LogP contribution in [0.3, 0.4) is 0 Å². The third kappa shape index (κ3) is 3.83. The van der Waals surface area contributed by atoms with E-state index in [1.807, 2.05) is 0 Å². The van der Waals surface area contributed by atoms with Crippen molar-refractivity contribution in [3.8, 4) is 11.3 Å². The van der Waals surface area contributed by atoms with Gasteiger partial charge in [-0.05, 0) is 31.2 Å². The molecule has 132 valence electrons. The van der Waals surface area contributed by atoms with Gasteiger partial charge in [-0.1, -0.05) is 18.2 Å². The Morgan fingerprint density at radius 1 is 1.15 bits per heavy atom. The zero-order valence-corrected chi connectivity index (χ0v) is 14.1. The number of benzene rings is 1. The van der Waals surface area contributed by atoms with Gasteiger partial charge in [0, 0.05) is 36.1 Å². The molecule has 0 aliphatic rings. The van der Waals surface area contributed by atoms with E-state index in [1.165, 1.54) is 12.1 Å². The van der Waals surface area contributed by atoms with Crippen molar-refractivity contribution in [3.05, 3.63) is 82.7 Å². The Hall–Kier alpha value is -3.35. The van der Waals surface area contributed by atoms with Crippen LogP contribution in [0.4, 0.5) is 4.39 Å². The molecule has 1 atom stereocenters. The van der Waals surface area contributed by atoms with E-state index in [2.05, 4.69) is 15.4 Å². The maximum Gasteiger partial charge on any atom is 0.267 e. The van der Waals surface area contributed by atoms with Crippen LogP contribution >= 0.6 is 0 Å². The van der Waals surface area contributed by atoms with Crippen LogP contribution in [0, 0.1) is 5.82 Å². The predicted octanol–water partition coefficient (Wildman–Crippen LogP) is 2.32. The number of hydrogen-bond donors (Lipinski definition) is 1. The standard InChI is InChI=1S/C19H17FN4O2/c1-13(19(26)22-12-15-4-2-3-5-16(15)20)24-18(25)7-6-17(23-24)14-8-10-21-11-9-14/h2-11,13H,12H2,1H3,(H,22,26). The maximum atomic E-state index is 13.6. The van der Waals surface area contributed by atoms with E-state index in [4.69, 9.17) is 0 Å². The highest BCUT2D eigenvalue weighted by Crippen LogP contribution is 2.14. The van der Waals surface area contributed by atoms with Crippen LogP contribution in [0.2, 0.25) is 0 Å². The molecule has 0 saturated heterocycles. The van der Waals surface area contributed by atoms with Crippen molar-refractivity contribution in [1.29, 1.82) is 0 Å². The zero-order valence-electron chi connectivity index (χ0n) is 14.1. The molecule has 3 aromatic rings. The number of hydrogen-bond acceptors (Lipinski definition) is 4. The molecule has 0 spiro atoms. The van der Waals surface area contributed by atoms with Gasteiger partial charge in [0.05, 0.1) is 5.69 Å². The first kappa shape index (κ1) is 17.5. The summed E-state index contributed by atoms with van der Waals surface area (Å²) in [5.74, 6) is -0.815. The van der Waals surface area contributed by atoms with Crippen molar-refractivity contribution in [3.63, 3.8) is 0 Å². The summed E-state index contributed by atoms with van der Waals surface area (Å²) in [6.45, 7) is 1.61. The fraction of sp³-hybridized carbons (Fsp3) is 0.158. The van der Waals surface area contributed by atoms with Gasteiger partial charge in [0.1, 0.15) is 11.9 Å². The van der Waals surface area contributed by atoms with Crippen LogP contribution in [0.5, 0.6) is 0 Å². The van der Waals surface area contributed by atoms with E-state index in [0.717, 1.165) is 10.2 Å². The van der Waals surface area contributed by atoms with Crippen LogP contribution in [0.15, 0.2) is 65.7 Å². The molecule has 6 nitrogen and oxygen atoms in total. The molecule has 0 fully saturated rings. The van der Waals surface area contributed by atoms with Crippen LogP contribution in [-0.2, 0) is 11.3 Å². The minimum Gasteiger partial charge on any atom is -0.350 e. The summed E-state index contributed by atoms with van der Waals surface area (Å²) < 4.78 is 14.8. The normalized spacial score (nSPS) is 11.8. The van der Waals surface area contributed by atoms with E-state index < -0.39 is 23.3 Å². The quantitative estimate of drug-likeness (QED) is 0.764. The summed E-state index contributed by atoms with van der Waals surface area (Å²) in [6.07, 6.45) is 3.24. The van der Waals surface area contributed by atoms with Gasteiger partial charge in [-0.15, -0.1) is 0 Å². The third-order valence-electron chi connectivity index (χ3n) is 3.96. The minimum atomic E-state index is -0.837. The third-order valence-corrected chi connectivity index (χ3v) is 3.96. The number of pyridine rings is 1. The second-order valence-corrected chi connectivity index (χ2v) is 5.72. The topological polar surface area (TPSA) is 76.9 Å². The van der Waals surface area contributed by atoms with Crippen LogP contribution < -0.4 is 10.9 Å². The zero-order chi connectivity index (χ0) is 18.5. The number of nitrogens with one attached hydrogen (secondary N) is 1. The maximum absolute atomic E-state index is 13.6. The summed E-state index contributed by atoms with van der Waals surface area (Å²) in [7, 11) is 0. The number of carbonyl (C=O) groups excluding carboxylic acids is 1. The Morgan fingerprint density at radius 3 is 2.62 bits per heavy atom. The highest BCUT2D eigenvalue weighted by Gasteiger charge is 2.18.